The van der Waals surface area contributed by atoms with Crippen LogP contribution in [0.25, 0.3) is 0 Å². The van der Waals surface area contributed by atoms with Gasteiger partial charge in [-0.3, -0.25) is 4.79 Å². The third kappa shape index (κ3) is 5.35. The molecule has 104 valence electrons. The zero-order chi connectivity index (χ0) is 13.4. The predicted octanol–water partition coefficient (Wildman–Crippen LogP) is 0.462. The third-order valence-corrected chi connectivity index (χ3v) is 3.01. The second-order valence-corrected chi connectivity index (χ2v) is 4.56. The largest absolute Gasteiger partial charge is 0.450 e. The quantitative estimate of drug-likeness (QED) is 0.701. The van der Waals surface area contributed by atoms with E-state index < -0.39 is 6.09 Å². The van der Waals surface area contributed by atoms with Gasteiger partial charge in [-0.15, -0.1) is 0 Å². The molecule has 1 heterocycles. The lowest BCUT2D eigenvalue weighted by molar-refractivity contribution is -0.131. The molecule has 0 atom stereocenters. The fourth-order valence-electron chi connectivity index (χ4n) is 1.77. The number of rotatable bonds is 5. The average Bonchev–Trinajstić information content (AvgIpc) is 2.37. The smallest absolute Gasteiger partial charge is 0.407 e. The summed E-state index contributed by atoms with van der Waals surface area (Å²) < 4.78 is 4.90. The Hall–Kier alpha value is -1.30. The molecule has 1 aliphatic rings. The van der Waals surface area contributed by atoms with E-state index in [4.69, 9.17) is 10.5 Å². The molecule has 0 aromatic rings. The molecule has 3 N–H and O–H groups in total. The van der Waals surface area contributed by atoms with Gasteiger partial charge in [-0.05, 0) is 19.3 Å². The van der Waals surface area contributed by atoms with Crippen molar-refractivity contribution < 1.29 is 14.3 Å². The molecule has 18 heavy (non-hydrogen) atoms. The molecule has 0 saturated carbocycles. The van der Waals surface area contributed by atoms with Crippen LogP contribution in [-0.2, 0) is 9.53 Å². The van der Waals surface area contributed by atoms with Crippen LogP contribution in [0.1, 0.15) is 32.6 Å². The molecular formula is C12H23N3O3. The highest BCUT2D eigenvalue weighted by Crippen LogP contribution is 2.07. The van der Waals surface area contributed by atoms with Crippen molar-refractivity contribution in [1.82, 2.24) is 10.2 Å². The van der Waals surface area contributed by atoms with E-state index in [0.29, 0.717) is 19.7 Å². The number of likely N-dealkylation sites (tertiary alicyclic amines) is 1. The Morgan fingerprint density at radius 1 is 1.39 bits per heavy atom. The molecule has 2 amide bonds. The first-order valence-corrected chi connectivity index (χ1v) is 6.57. The molecule has 0 spiro atoms. The highest BCUT2D eigenvalue weighted by atomic mass is 16.5. The van der Waals surface area contributed by atoms with Crippen LogP contribution >= 0.6 is 0 Å². The van der Waals surface area contributed by atoms with E-state index in [1.54, 1.807) is 4.90 Å². The van der Waals surface area contributed by atoms with Crippen molar-refractivity contribution in [3.63, 3.8) is 0 Å². The fourth-order valence-corrected chi connectivity index (χ4v) is 1.77. The Labute approximate surface area is 108 Å². The van der Waals surface area contributed by atoms with Crippen LogP contribution in [0.3, 0.4) is 0 Å². The lowest BCUT2D eigenvalue weighted by atomic mass is 10.1. The molecule has 0 aromatic carbocycles. The summed E-state index contributed by atoms with van der Waals surface area (Å²) >= 11 is 0. The van der Waals surface area contributed by atoms with Gasteiger partial charge >= 0.3 is 6.09 Å². The number of carbonyl (C=O) groups is 2. The number of hydrogen-bond acceptors (Lipinski definition) is 4. The lowest BCUT2D eigenvalue weighted by Crippen LogP contribution is -2.46. The summed E-state index contributed by atoms with van der Waals surface area (Å²) in [6.45, 7) is 3.76. The summed E-state index contributed by atoms with van der Waals surface area (Å²) in [6, 6.07) is 0.195. The summed E-state index contributed by atoms with van der Waals surface area (Å²) in [5.74, 6) is -0.0747. The van der Waals surface area contributed by atoms with Crippen LogP contribution in [-0.4, -0.2) is 49.2 Å². The minimum atomic E-state index is -0.523. The zero-order valence-electron chi connectivity index (χ0n) is 11.0. The van der Waals surface area contributed by atoms with Gasteiger partial charge in [0.25, 0.3) is 0 Å². The molecule has 0 unspecified atom stereocenters. The van der Waals surface area contributed by atoms with Gasteiger partial charge in [0.2, 0.25) is 5.91 Å². The number of unbranched alkanes of at least 4 members (excludes halogenated alkanes) is 1. The molecule has 0 aliphatic carbocycles. The first-order chi connectivity index (χ1) is 8.63. The van der Waals surface area contributed by atoms with Crippen LogP contribution in [0.15, 0.2) is 0 Å². The molecule has 6 heteroatoms. The number of piperidine rings is 1. The Morgan fingerprint density at radius 2 is 2.06 bits per heavy atom. The average molecular weight is 257 g/mol. The van der Waals surface area contributed by atoms with Crippen LogP contribution in [0.4, 0.5) is 4.79 Å². The van der Waals surface area contributed by atoms with E-state index in [0.717, 1.165) is 25.7 Å². The maximum Gasteiger partial charge on any atom is 0.407 e. The monoisotopic (exact) mass is 257 g/mol. The molecule has 0 aromatic heterocycles. The van der Waals surface area contributed by atoms with E-state index in [2.05, 4.69) is 5.32 Å². The number of nitrogens with one attached hydrogen (secondary N) is 1. The first kappa shape index (κ1) is 14.8. The summed E-state index contributed by atoms with van der Waals surface area (Å²) in [6.07, 6.45) is 2.94. The Bertz CT molecular complexity index is 276. The van der Waals surface area contributed by atoms with E-state index >= 15 is 0 Å². The summed E-state index contributed by atoms with van der Waals surface area (Å²) in [5.41, 5.74) is 5.76. The number of ether oxygens (including phenoxy) is 1. The minimum Gasteiger partial charge on any atom is -0.450 e. The van der Waals surface area contributed by atoms with E-state index in [1.807, 2.05) is 6.92 Å². The lowest BCUT2D eigenvalue weighted by Gasteiger charge is -2.30. The summed E-state index contributed by atoms with van der Waals surface area (Å²) in [7, 11) is 0. The predicted molar refractivity (Wildman–Crippen MR) is 68.0 cm³/mol. The van der Waals surface area contributed by atoms with Crippen LogP contribution < -0.4 is 11.1 Å². The van der Waals surface area contributed by atoms with E-state index in [9.17, 15) is 9.59 Å². The number of nitrogens with two attached hydrogens (primary N) is 1. The minimum absolute atomic E-state index is 0.000195. The summed E-state index contributed by atoms with van der Waals surface area (Å²) in [4.78, 5) is 24.7. The number of hydrogen-bond donors (Lipinski definition) is 2. The van der Waals surface area contributed by atoms with Gasteiger partial charge in [0, 0.05) is 19.1 Å². The van der Waals surface area contributed by atoms with Crippen LogP contribution in [0.5, 0.6) is 0 Å². The van der Waals surface area contributed by atoms with Gasteiger partial charge in [0.15, 0.2) is 0 Å². The fraction of sp³-hybridized carbons (Fsp3) is 0.833. The standard InChI is InChI=1S/C12H23N3O3/c1-2-3-8-18-12(17)14-9-11(16)15-6-4-10(13)5-7-15/h10H,2-9,13H2,1H3,(H,14,17). The van der Waals surface area contributed by atoms with Gasteiger partial charge in [0.05, 0.1) is 6.61 Å². The number of carbonyl (C=O) groups excluding carboxylic acids is 2. The Kier molecular flexibility index (Phi) is 6.49. The van der Waals surface area contributed by atoms with Gasteiger partial charge in [-0.1, -0.05) is 13.3 Å². The topological polar surface area (TPSA) is 84.7 Å². The highest BCUT2D eigenvalue weighted by Gasteiger charge is 2.20. The second kappa shape index (κ2) is 7.92. The molecular weight excluding hydrogens is 234 g/mol. The van der Waals surface area contributed by atoms with Crippen molar-refractivity contribution >= 4 is 12.0 Å². The molecule has 0 bridgehead atoms. The van der Waals surface area contributed by atoms with E-state index in [-0.39, 0.29) is 18.5 Å². The van der Waals surface area contributed by atoms with Crippen molar-refractivity contribution in [2.45, 2.75) is 38.6 Å². The van der Waals surface area contributed by atoms with Gasteiger partial charge in [0.1, 0.15) is 6.54 Å². The third-order valence-electron chi connectivity index (χ3n) is 3.01. The second-order valence-electron chi connectivity index (χ2n) is 4.56. The van der Waals surface area contributed by atoms with Crippen molar-refractivity contribution in [3.8, 4) is 0 Å². The molecule has 1 rings (SSSR count). The molecule has 1 fully saturated rings. The van der Waals surface area contributed by atoms with Crippen molar-refractivity contribution in [1.29, 1.82) is 0 Å². The summed E-state index contributed by atoms with van der Waals surface area (Å²) in [5, 5.41) is 2.47. The molecule has 6 nitrogen and oxygen atoms in total. The van der Waals surface area contributed by atoms with Crippen molar-refractivity contribution in [2.24, 2.45) is 5.73 Å². The SMILES string of the molecule is CCCCOC(=O)NCC(=O)N1CCC(N)CC1. The normalized spacial score (nSPS) is 16.4. The number of nitrogens with zero attached hydrogens (tertiary/aromatic N) is 1. The van der Waals surface area contributed by atoms with Gasteiger partial charge in [-0.2, -0.15) is 0 Å². The van der Waals surface area contributed by atoms with Crippen molar-refractivity contribution in [2.75, 3.05) is 26.2 Å². The van der Waals surface area contributed by atoms with Gasteiger partial charge < -0.3 is 20.7 Å². The van der Waals surface area contributed by atoms with Crippen LogP contribution in [0, 0.1) is 0 Å². The molecule has 1 aliphatic heterocycles. The molecule has 0 radical (unpaired) electrons. The zero-order valence-corrected chi connectivity index (χ0v) is 11.0. The maximum absolute atomic E-state index is 11.8. The molecule has 1 saturated heterocycles. The number of amides is 2. The van der Waals surface area contributed by atoms with Crippen molar-refractivity contribution in [3.05, 3.63) is 0 Å². The number of alkyl carbamates (subject to hydrolysis) is 1. The highest BCUT2D eigenvalue weighted by molar-refractivity contribution is 5.82. The van der Waals surface area contributed by atoms with E-state index in [1.165, 1.54) is 0 Å². The van der Waals surface area contributed by atoms with Gasteiger partial charge in [-0.25, -0.2) is 4.79 Å². The Morgan fingerprint density at radius 3 is 2.67 bits per heavy atom. The first-order valence-electron chi connectivity index (χ1n) is 6.57. The maximum atomic E-state index is 11.8. The van der Waals surface area contributed by atoms with Crippen LogP contribution in [0.2, 0.25) is 0 Å². The Balaban J connectivity index is 2.14.